The van der Waals surface area contributed by atoms with E-state index in [4.69, 9.17) is 9.84 Å². The lowest BCUT2D eigenvalue weighted by Gasteiger charge is -2.27. The summed E-state index contributed by atoms with van der Waals surface area (Å²) in [7, 11) is -2.23. The van der Waals surface area contributed by atoms with Crippen LogP contribution in [0, 0.1) is 0 Å². The van der Waals surface area contributed by atoms with Gasteiger partial charge < -0.3 is 14.6 Å². The second-order valence-electron chi connectivity index (χ2n) is 3.29. The van der Waals surface area contributed by atoms with E-state index >= 15 is 0 Å². The van der Waals surface area contributed by atoms with Crippen LogP contribution < -0.4 is 0 Å². The van der Waals surface area contributed by atoms with Crippen LogP contribution in [0.25, 0.3) is 0 Å². The van der Waals surface area contributed by atoms with Gasteiger partial charge in [-0.2, -0.15) is 0 Å². The number of hydrogen-bond donors (Lipinski definition) is 2. The molecule has 0 saturated carbocycles. The summed E-state index contributed by atoms with van der Waals surface area (Å²) >= 11 is 0. The molecule has 0 bridgehead atoms. The molecule has 68 valence electrons. The van der Waals surface area contributed by atoms with E-state index in [1.54, 1.807) is 6.92 Å². The van der Waals surface area contributed by atoms with Gasteiger partial charge in [0.1, 0.15) is 0 Å². The molecule has 0 heterocycles. The Bertz CT molecular complexity index is 109. The van der Waals surface area contributed by atoms with Crippen LogP contribution in [0.3, 0.4) is 0 Å². The van der Waals surface area contributed by atoms with Gasteiger partial charge in [-0.05, 0) is 26.4 Å². The Morgan fingerprint density at radius 1 is 1.45 bits per heavy atom. The minimum Gasteiger partial charge on any atom is -0.430 e. The van der Waals surface area contributed by atoms with Crippen molar-refractivity contribution < 1.29 is 14.6 Å². The maximum atomic E-state index is 9.63. The zero-order valence-corrected chi connectivity index (χ0v) is 8.66. The summed E-state index contributed by atoms with van der Waals surface area (Å²) < 4.78 is 5.13. The first kappa shape index (κ1) is 11.1. The van der Waals surface area contributed by atoms with Gasteiger partial charge in [0.05, 0.1) is 5.73 Å². The van der Waals surface area contributed by atoms with E-state index in [0.717, 1.165) is 6.42 Å². The van der Waals surface area contributed by atoms with Crippen LogP contribution in [-0.2, 0) is 4.74 Å². The number of hydrogen-bond acceptors (Lipinski definition) is 3. The lowest BCUT2D eigenvalue weighted by molar-refractivity contribution is -0.106. The van der Waals surface area contributed by atoms with Crippen molar-refractivity contribution in [2.24, 2.45) is 0 Å². The first-order valence-corrected chi connectivity index (χ1v) is 6.96. The summed E-state index contributed by atoms with van der Waals surface area (Å²) in [6, 6.07) is 0. The van der Waals surface area contributed by atoms with Gasteiger partial charge in [-0.15, -0.1) is 0 Å². The highest BCUT2D eigenvalue weighted by Crippen LogP contribution is 2.13. The molecule has 0 rings (SSSR count). The third-order valence-electron chi connectivity index (χ3n) is 1.52. The van der Waals surface area contributed by atoms with E-state index in [2.05, 4.69) is 0 Å². The average molecular weight is 178 g/mol. The van der Waals surface area contributed by atoms with E-state index in [9.17, 15) is 4.80 Å². The average Bonchev–Trinajstić information content (AvgIpc) is 1.79. The molecule has 2 N–H and O–H groups in total. The SMILES string of the molecule is CCC(OC(C)O)[Si](C)(C)O. The zero-order valence-electron chi connectivity index (χ0n) is 7.66. The summed E-state index contributed by atoms with van der Waals surface area (Å²) in [4.78, 5) is 9.63. The molecule has 3 nitrogen and oxygen atoms in total. The topological polar surface area (TPSA) is 49.7 Å². The summed E-state index contributed by atoms with van der Waals surface area (Å²) in [5.74, 6) is 0. The Balaban J connectivity index is 3.96. The minimum atomic E-state index is -2.23. The van der Waals surface area contributed by atoms with E-state index in [1.807, 2.05) is 20.0 Å². The molecule has 0 spiro atoms. The molecule has 0 aliphatic carbocycles. The van der Waals surface area contributed by atoms with Crippen molar-refractivity contribution >= 4 is 8.32 Å². The van der Waals surface area contributed by atoms with Crippen molar-refractivity contribution in [3.05, 3.63) is 0 Å². The van der Waals surface area contributed by atoms with Crippen molar-refractivity contribution in [1.82, 2.24) is 0 Å². The van der Waals surface area contributed by atoms with Crippen molar-refractivity contribution in [1.29, 1.82) is 0 Å². The first-order valence-electron chi connectivity index (χ1n) is 3.93. The van der Waals surface area contributed by atoms with Gasteiger partial charge in [0.25, 0.3) is 0 Å². The second kappa shape index (κ2) is 4.20. The fourth-order valence-electron chi connectivity index (χ4n) is 1.00. The van der Waals surface area contributed by atoms with E-state index in [1.165, 1.54) is 0 Å². The third-order valence-corrected chi connectivity index (χ3v) is 3.64. The van der Waals surface area contributed by atoms with Gasteiger partial charge in [-0.3, -0.25) is 0 Å². The minimum absolute atomic E-state index is 0.164. The molecule has 0 aliphatic rings. The van der Waals surface area contributed by atoms with Crippen LogP contribution in [-0.4, -0.2) is 30.2 Å². The Morgan fingerprint density at radius 2 is 1.91 bits per heavy atom. The van der Waals surface area contributed by atoms with Gasteiger partial charge in [0.15, 0.2) is 6.29 Å². The smallest absolute Gasteiger partial charge is 0.210 e. The first-order chi connectivity index (χ1) is 4.88. The van der Waals surface area contributed by atoms with E-state index < -0.39 is 14.6 Å². The van der Waals surface area contributed by atoms with Crippen LogP contribution in [0.1, 0.15) is 20.3 Å². The third kappa shape index (κ3) is 4.52. The summed E-state index contributed by atoms with van der Waals surface area (Å²) in [6.07, 6.45) is -0.0282. The highest BCUT2D eigenvalue weighted by Gasteiger charge is 2.30. The van der Waals surface area contributed by atoms with Crippen LogP contribution in [0.15, 0.2) is 0 Å². The number of rotatable bonds is 4. The molecule has 4 heteroatoms. The molecular formula is C7H18O3Si. The van der Waals surface area contributed by atoms with Gasteiger partial charge in [-0.1, -0.05) is 6.92 Å². The largest absolute Gasteiger partial charge is 0.430 e. The van der Waals surface area contributed by atoms with E-state index in [-0.39, 0.29) is 5.73 Å². The van der Waals surface area contributed by atoms with Gasteiger partial charge >= 0.3 is 0 Å². The predicted molar refractivity (Wildman–Crippen MR) is 46.5 cm³/mol. The highest BCUT2D eigenvalue weighted by molar-refractivity contribution is 6.71. The quantitative estimate of drug-likeness (QED) is 0.496. The van der Waals surface area contributed by atoms with Crippen LogP contribution >= 0.6 is 0 Å². The van der Waals surface area contributed by atoms with Crippen LogP contribution in [0.5, 0.6) is 0 Å². The Hall–Kier alpha value is 0.0969. The molecule has 0 saturated heterocycles. The lowest BCUT2D eigenvalue weighted by atomic mass is 10.5. The van der Waals surface area contributed by atoms with Crippen LogP contribution in [0.2, 0.25) is 13.1 Å². The molecular weight excluding hydrogens is 160 g/mol. The molecule has 0 fully saturated rings. The Kier molecular flexibility index (Phi) is 4.24. The predicted octanol–water partition coefficient (Wildman–Crippen LogP) is 0.856. The zero-order chi connectivity index (χ0) is 9.07. The molecule has 0 aromatic carbocycles. The summed E-state index contributed by atoms with van der Waals surface area (Å²) in [5.41, 5.74) is -0.164. The maximum absolute atomic E-state index is 9.63. The standard InChI is InChI=1S/C7H18O3Si/c1-5-7(10-6(2)8)11(3,4)9/h6-9H,5H2,1-4H3. The van der Waals surface area contributed by atoms with Gasteiger partial charge in [0, 0.05) is 0 Å². The molecule has 11 heavy (non-hydrogen) atoms. The molecule has 0 aromatic heterocycles. The second-order valence-corrected chi connectivity index (χ2v) is 7.24. The summed E-state index contributed by atoms with van der Waals surface area (Å²) in [6.45, 7) is 7.12. The molecule has 0 aromatic rings. The molecule has 2 atom stereocenters. The lowest BCUT2D eigenvalue weighted by Crippen LogP contribution is -2.44. The van der Waals surface area contributed by atoms with Crippen molar-refractivity contribution in [3.8, 4) is 0 Å². The normalized spacial score (nSPS) is 18.0. The fraction of sp³-hybridized carbons (Fsp3) is 1.00. The Morgan fingerprint density at radius 3 is 2.00 bits per heavy atom. The van der Waals surface area contributed by atoms with E-state index in [0.29, 0.717) is 0 Å². The Labute approximate surface area is 69.1 Å². The van der Waals surface area contributed by atoms with Gasteiger partial charge in [0.2, 0.25) is 8.32 Å². The maximum Gasteiger partial charge on any atom is 0.210 e. The van der Waals surface area contributed by atoms with Crippen molar-refractivity contribution in [2.75, 3.05) is 0 Å². The number of aliphatic hydroxyl groups is 1. The van der Waals surface area contributed by atoms with Gasteiger partial charge in [-0.25, -0.2) is 0 Å². The van der Waals surface area contributed by atoms with Crippen LogP contribution in [0.4, 0.5) is 0 Å². The molecule has 0 amide bonds. The monoisotopic (exact) mass is 178 g/mol. The van der Waals surface area contributed by atoms with Crippen molar-refractivity contribution in [2.45, 2.75) is 45.4 Å². The highest BCUT2D eigenvalue weighted by atomic mass is 28.4. The molecule has 0 aliphatic heterocycles. The van der Waals surface area contributed by atoms with Crippen molar-refractivity contribution in [3.63, 3.8) is 0 Å². The number of aliphatic hydroxyl groups excluding tert-OH is 1. The molecule has 0 radical (unpaired) electrons. The molecule has 2 unspecified atom stereocenters. The number of ether oxygens (including phenoxy) is 1. The fourth-order valence-corrected chi connectivity index (χ4v) is 2.53. The summed E-state index contributed by atoms with van der Waals surface area (Å²) in [5, 5.41) is 8.91.